The van der Waals surface area contributed by atoms with E-state index in [4.69, 9.17) is 0 Å². The van der Waals surface area contributed by atoms with Crippen LogP contribution in [-0.2, 0) is 21.7 Å². The van der Waals surface area contributed by atoms with E-state index >= 15 is 0 Å². The Hall–Kier alpha value is -6.78. The Morgan fingerprint density at radius 3 is 1.51 bits per heavy atom. The van der Waals surface area contributed by atoms with Crippen molar-refractivity contribution < 1.29 is 0 Å². The van der Waals surface area contributed by atoms with E-state index in [1.165, 1.54) is 120 Å². The first kappa shape index (κ1) is 46.3. The third-order valence-corrected chi connectivity index (χ3v) is 17.4. The second kappa shape index (κ2) is 16.4. The van der Waals surface area contributed by atoms with Crippen molar-refractivity contribution in [3.05, 3.63) is 198 Å². The number of benzene rings is 8. The lowest BCUT2D eigenvalue weighted by molar-refractivity contribution is 0.195. The molecule has 4 aliphatic rings. The summed E-state index contributed by atoms with van der Waals surface area (Å²) in [5, 5.41) is 0. The molecule has 2 atom stereocenters. The van der Waals surface area contributed by atoms with Crippen LogP contribution in [0.5, 0.6) is 0 Å². The summed E-state index contributed by atoms with van der Waals surface area (Å²) < 4.78 is 0. The second-order valence-electron chi connectivity index (χ2n) is 25.0. The van der Waals surface area contributed by atoms with Gasteiger partial charge in [0.15, 0.2) is 0 Å². The van der Waals surface area contributed by atoms with E-state index in [0.29, 0.717) is 0 Å². The van der Waals surface area contributed by atoms with Crippen LogP contribution >= 0.6 is 0 Å². The minimum Gasteiger partial charge on any atom is -0.334 e. The van der Waals surface area contributed by atoms with Crippen molar-refractivity contribution in [2.75, 3.05) is 14.7 Å². The fourth-order valence-electron chi connectivity index (χ4n) is 13.1. The summed E-state index contributed by atoms with van der Waals surface area (Å²) in [6, 6.07) is 67.9. The summed E-state index contributed by atoms with van der Waals surface area (Å²) in [5.74, 6) is 0. The van der Waals surface area contributed by atoms with Crippen LogP contribution in [0.3, 0.4) is 0 Å². The van der Waals surface area contributed by atoms with E-state index in [-0.39, 0.29) is 33.9 Å². The number of nitrogens with zero attached hydrogens (tertiary/aromatic N) is 3. The van der Waals surface area contributed by atoms with Gasteiger partial charge in [-0.25, -0.2) is 0 Å². The highest BCUT2D eigenvalue weighted by Crippen LogP contribution is 2.62. The van der Waals surface area contributed by atoms with Gasteiger partial charge in [0, 0.05) is 50.9 Å². The Bertz CT molecular complexity index is 3420. The van der Waals surface area contributed by atoms with Gasteiger partial charge in [0.05, 0.1) is 5.54 Å². The Kier molecular flexibility index (Phi) is 10.5. The molecule has 3 aliphatic heterocycles. The third kappa shape index (κ3) is 7.21. The molecule has 3 nitrogen and oxygen atoms in total. The summed E-state index contributed by atoms with van der Waals surface area (Å²) in [7, 11) is 0. The van der Waals surface area contributed by atoms with Crippen LogP contribution in [-0.4, -0.2) is 12.3 Å². The lowest BCUT2D eigenvalue weighted by Crippen LogP contribution is -2.61. The van der Waals surface area contributed by atoms with Gasteiger partial charge in [-0.1, -0.05) is 203 Å². The standard InChI is InChI=1S/C68H70BN3/c1-64(2,3)49-27-21-29-53(40-49)71-60-42-51(66(7,8)9)31-34-57(60)69-56-33-30-48(46-24-16-13-17-25-46)39-59(56)70(52-28-20-26-47(38-52)45-22-14-12-15-23-45)61-43-54(44-62(71)63(61)69)72-58-35-32-50(65(4,5)6)41-55(58)67(10)36-18-19-37-68(67,72)11/h12-17,20-35,38-44H,18-19,36-37H2,1-11H3. The molecule has 3 heterocycles. The van der Waals surface area contributed by atoms with Crippen LogP contribution in [0.4, 0.5) is 45.5 Å². The van der Waals surface area contributed by atoms with Gasteiger partial charge in [-0.2, -0.15) is 0 Å². The van der Waals surface area contributed by atoms with Gasteiger partial charge in [0.25, 0.3) is 6.71 Å². The Morgan fingerprint density at radius 1 is 0.389 bits per heavy atom. The highest BCUT2D eigenvalue weighted by atomic mass is 15.3. The van der Waals surface area contributed by atoms with Gasteiger partial charge in [0.1, 0.15) is 0 Å². The van der Waals surface area contributed by atoms with Crippen LogP contribution in [0.25, 0.3) is 22.3 Å². The number of fused-ring (bicyclic) bond motifs is 7. The maximum Gasteiger partial charge on any atom is 0.252 e. The molecule has 2 unspecified atom stereocenters. The van der Waals surface area contributed by atoms with E-state index < -0.39 is 0 Å². The zero-order valence-electron chi connectivity index (χ0n) is 44.5. The highest BCUT2D eigenvalue weighted by molar-refractivity contribution is 7.00. The van der Waals surface area contributed by atoms with Gasteiger partial charge in [0.2, 0.25) is 0 Å². The monoisotopic (exact) mass is 940 g/mol. The van der Waals surface area contributed by atoms with E-state index in [2.05, 4.69) is 267 Å². The van der Waals surface area contributed by atoms with E-state index in [0.717, 1.165) is 12.1 Å². The maximum absolute atomic E-state index is 2.82. The Labute approximate surface area is 430 Å². The molecule has 0 bridgehead atoms. The van der Waals surface area contributed by atoms with Crippen molar-refractivity contribution in [2.45, 2.75) is 129 Å². The maximum atomic E-state index is 2.82. The number of hydrogen-bond acceptors (Lipinski definition) is 3. The van der Waals surface area contributed by atoms with E-state index in [1.807, 2.05) is 0 Å². The highest BCUT2D eigenvalue weighted by Gasteiger charge is 2.58. The van der Waals surface area contributed by atoms with Crippen LogP contribution in [0.15, 0.2) is 176 Å². The molecule has 0 N–H and O–H groups in total. The predicted octanol–water partition coefficient (Wildman–Crippen LogP) is 16.7. The molecular weight excluding hydrogens is 870 g/mol. The van der Waals surface area contributed by atoms with Crippen molar-refractivity contribution >= 4 is 68.6 Å². The van der Waals surface area contributed by atoms with Crippen LogP contribution in [0.2, 0.25) is 0 Å². The minimum atomic E-state index is -0.154. The molecule has 0 radical (unpaired) electrons. The van der Waals surface area contributed by atoms with Gasteiger partial charge < -0.3 is 14.7 Å². The zero-order chi connectivity index (χ0) is 50.1. The first-order valence-electron chi connectivity index (χ1n) is 26.7. The van der Waals surface area contributed by atoms with Crippen molar-refractivity contribution in [3.63, 3.8) is 0 Å². The minimum absolute atomic E-state index is 0.0146. The molecule has 1 aliphatic carbocycles. The molecule has 8 aromatic rings. The number of hydrogen-bond donors (Lipinski definition) is 0. The molecule has 0 amide bonds. The molecule has 8 aromatic carbocycles. The van der Waals surface area contributed by atoms with Crippen molar-refractivity contribution in [3.8, 4) is 22.3 Å². The summed E-state index contributed by atoms with van der Waals surface area (Å²) in [6.07, 6.45) is 4.75. The molecule has 0 saturated heterocycles. The van der Waals surface area contributed by atoms with Crippen molar-refractivity contribution in [1.29, 1.82) is 0 Å². The SMILES string of the molecule is CC(C)(C)c1cccc(N2c3cc(C(C)(C)C)ccc3B3c4ccc(-c5ccccc5)cc4N(c4cccc(-c5ccccc5)c4)c4cc(N5c6ccc(C(C)(C)C)cc6C6(C)CCCCC56C)cc2c43)c1. The quantitative estimate of drug-likeness (QED) is 0.159. The molecule has 72 heavy (non-hydrogen) atoms. The topological polar surface area (TPSA) is 9.72 Å². The average Bonchev–Trinajstić information content (AvgIpc) is 3.58. The van der Waals surface area contributed by atoms with E-state index in [9.17, 15) is 0 Å². The molecule has 1 saturated carbocycles. The second-order valence-corrected chi connectivity index (χ2v) is 25.0. The molecule has 1 fully saturated rings. The summed E-state index contributed by atoms with van der Waals surface area (Å²) in [6.45, 7) is 26.3. The van der Waals surface area contributed by atoms with Crippen LogP contribution in [0.1, 0.15) is 124 Å². The first-order valence-corrected chi connectivity index (χ1v) is 26.7. The summed E-state index contributed by atoms with van der Waals surface area (Å²) >= 11 is 0. The van der Waals surface area contributed by atoms with Gasteiger partial charge in [-0.3, -0.25) is 0 Å². The average molecular weight is 940 g/mol. The smallest absolute Gasteiger partial charge is 0.252 e. The number of rotatable bonds is 5. The van der Waals surface area contributed by atoms with Gasteiger partial charge >= 0.3 is 0 Å². The molecular formula is C68H70BN3. The molecule has 360 valence electrons. The molecule has 0 aromatic heterocycles. The normalized spacial score (nSPS) is 19.1. The summed E-state index contributed by atoms with van der Waals surface area (Å²) in [4.78, 5) is 8.11. The molecule has 12 rings (SSSR count). The lowest BCUT2D eigenvalue weighted by Gasteiger charge is -2.51. The summed E-state index contributed by atoms with van der Waals surface area (Å²) in [5.41, 5.74) is 24.1. The van der Waals surface area contributed by atoms with Gasteiger partial charge in [-0.15, -0.1) is 0 Å². The van der Waals surface area contributed by atoms with E-state index in [1.54, 1.807) is 0 Å². The first-order chi connectivity index (χ1) is 34.3. The van der Waals surface area contributed by atoms with Crippen LogP contribution in [0, 0.1) is 0 Å². The Balaban J connectivity index is 1.22. The van der Waals surface area contributed by atoms with Crippen LogP contribution < -0.4 is 31.1 Å². The largest absolute Gasteiger partial charge is 0.334 e. The third-order valence-electron chi connectivity index (χ3n) is 17.4. The molecule has 4 heteroatoms. The predicted molar refractivity (Wildman–Crippen MR) is 310 cm³/mol. The number of anilines is 8. The fourth-order valence-corrected chi connectivity index (χ4v) is 13.1. The zero-order valence-corrected chi connectivity index (χ0v) is 44.5. The Morgan fingerprint density at radius 2 is 0.889 bits per heavy atom. The molecule has 0 spiro atoms. The van der Waals surface area contributed by atoms with Gasteiger partial charge in [-0.05, 0) is 152 Å². The van der Waals surface area contributed by atoms with Crippen molar-refractivity contribution in [1.82, 2.24) is 0 Å². The van der Waals surface area contributed by atoms with Crippen molar-refractivity contribution in [2.24, 2.45) is 0 Å². The lowest BCUT2D eigenvalue weighted by atomic mass is 9.33. The fraction of sp³-hybridized carbons (Fsp3) is 0.294.